The molecule has 62 heavy (non-hydrogen) atoms. The fourth-order valence-corrected chi connectivity index (χ4v) is 8.17. The molecule has 0 bridgehead atoms. The first kappa shape index (κ1) is 43.4. The number of halogens is 1. The highest BCUT2D eigenvalue weighted by atomic mass is 35.5. The molecule has 0 amide bonds. The van der Waals surface area contributed by atoms with Gasteiger partial charge in [-0.05, 0) is 72.5 Å². The Morgan fingerprint density at radius 1 is 0.532 bits per heavy atom. The number of phenolic OH excluding ortho intramolecular Hbond substituents is 3. The highest BCUT2D eigenvalue weighted by Crippen LogP contribution is 2.47. The lowest BCUT2D eigenvalue weighted by Crippen LogP contribution is -2.01. The second-order valence-electron chi connectivity index (χ2n) is 13.2. The average molecular weight is 921 g/mol. The third-order valence-corrected chi connectivity index (χ3v) is 12.0. The maximum absolute atomic E-state index is 12.2. The molecule has 0 aliphatic heterocycles. The van der Waals surface area contributed by atoms with Crippen LogP contribution in [0.3, 0.4) is 0 Å². The van der Waals surface area contributed by atoms with Gasteiger partial charge in [0, 0.05) is 22.2 Å². The van der Waals surface area contributed by atoms with Gasteiger partial charge in [-0.2, -0.15) is 25.3 Å². The van der Waals surface area contributed by atoms with Crippen molar-refractivity contribution in [3.8, 4) is 23.0 Å². The highest BCUT2D eigenvalue weighted by Gasteiger charge is 2.26. The molecule has 19 nitrogen and oxygen atoms in total. The van der Waals surface area contributed by atoms with Crippen LogP contribution in [0.4, 0.5) is 34.1 Å². The zero-order valence-corrected chi connectivity index (χ0v) is 34.7. The van der Waals surface area contributed by atoms with E-state index in [4.69, 9.17) is 16.3 Å². The first-order valence-electron chi connectivity index (χ1n) is 17.7. The molecule has 0 spiro atoms. The zero-order valence-electron chi connectivity index (χ0n) is 31.5. The smallest absolute Gasteiger partial charge is 0.298 e. The summed E-state index contributed by atoms with van der Waals surface area (Å²) in [7, 11) is -15.0. The largest absolute Gasteiger partial charge is 0.507 e. The number of ether oxygens (including phenoxy) is 1. The SMILES string of the molecule is CCCOc1cc(N=Nc2cccc3cccc(O)c23)c(Cl)cc1N=Nc1ccc(N=Nc2cc(S(=O)(=O)O)c(O)c3ccc(S(=O)(=O)O)c(O)c23)c2cc(S(=O)(=O)O)ccc12. The third kappa shape index (κ3) is 8.73. The van der Waals surface area contributed by atoms with Crippen molar-refractivity contribution >= 4 is 108 Å². The molecule has 0 aliphatic carbocycles. The summed E-state index contributed by atoms with van der Waals surface area (Å²) in [4.78, 5) is -2.72. The van der Waals surface area contributed by atoms with Gasteiger partial charge >= 0.3 is 0 Å². The average Bonchev–Trinajstić information content (AvgIpc) is 3.20. The summed E-state index contributed by atoms with van der Waals surface area (Å²) in [5.41, 5.74) is 0.0494. The lowest BCUT2D eigenvalue weighted by molar-refractivity contribution is 0.318. The Balaban J connectivity index is 1.33. The van der Waals surface area contributed by atoms with Gasteiger partial charge in [0.25, 0.3) is 30.4 Å². The van der Waals surface area contributed by atoms with Gasteiger partial charge in [-0.25, -0.2) is 0 Å². The number of aromatic hydroxyl groups is 3. The van der Waals surface area contributed by atoms with Gasteiger partial charge in [0.15, 0.2) is 0 Å². The number of nitrogens with zero attached hydrogens (tertiary/aromatic N) is 6. The van der Waals surface area contributed by atoms with Crippen molar-refractivity contribution in [2.45, 2.75) is 28.0 Å². The molecule has 0 unspecified atom stereocenters. The summed E-state index contributed by atoms with van der Waals surface area (Å²) < 4.78 is 108. The van der Waals surface area contributed by atoms with Crippen molar-refractivity contribution < 1.29 is 59.0 Å². The van der Waals surface area contributed by atoms with Crippen LogP contribution >= 0.6 is 11.6 Å². The van der Waals surface area contributed by atoms with Crippen molar-refractivity contribution in [2.24, 2.45) is 30.7 Å². The monoisotopic (exact) mass is 920 g/mol. The van der Waals surface area contributed by atoms with Crippen LogP contribution in [0.15, 0.2) is 142 Å². The van der Waals surface area contributed by atoms with Crippen LogP contribution in [-0.2, 0) is 30.4 Å². The van der Waals surface area contributed by atoms with E-state index in [0.717, 1.165) is 23.6 Å². The van der Waals surface area contributed by atoms with E-state index in [1.165, 1.54) is 36.4 Å². The molecule has 7 aromatic carbocycles. The summed E-state index contributed by atoms with van der Waals surface area (Å²) in [6, 6.07) is 21.3. The van der Waals surface area contributed by atoms with E-state index >= 15 is 0 Å². The molecule has 6 N–H and O–H groups in total. The molecular formula is C39H29ClN6O13S3. The molecule has 0 fully saturated rings. The Bertz CT molecular complexity index is 3430. The van der Waals surface area contributed by atoms with Gasteiger partial charge in [-0.3, -0.25) is 13.7 Å². The van der Waals surface area contributed by atoms with E-state index in [1.807, 2.05) is 19.1 Å². The molecule has 7 rings (SSSR count). The molecule has 0 aromatic heterocycles. The normalized spacial score (nSPS) is 12.8. The van der Waals surface area contributed by atoms with Crippen molar-refractivity contribution in [1.29, 1.82) is 0 Å². The molecule has 0 saturated carbocycles. The van der Waals surface area contributed by atoms with Crippen LogP contribution in [-0.4, -0.2) is 60.8 Å². The molecular weight excluding hydrogens is 892 g/mol. The molecule has 7 aromatic rings. The Morgan fingerprint density at radius 2 is 1.13 bits per heavy atom. The van der Waals surface area contributed by atoms with E-state index in [1.54, 1.807) is 18.2 Å². The lowest BCUT2D eigenvalue weighted by Gasteiger charge is -2.12. The van der Waals surface area contributed by atoms with Gasteiger partial charge in [-0.15, -0.1) is 30.7 Å². The summed E-state index contributed by atoms with van der Waals surface area (Å²) in [5.74, 6) is -2.03. The summed E-state index contributed by atoms with van der Waals surface area (Å²) in [5, 5.41) is 57.7. The van der Waals surface area contributed by atoms with Gasteiger partial charge in [0.2, 0.25) is 0 Å². The number of azo groups is 3. The topological polar surface area (TPSA) is 307 Å². The summed E-state index contributed by atoms with van der Waals surface area (Å²) in [6.45, 7) is 2.14. The van der Waals surface area contributed by atoms with E-state index < -0.39 is 73.0 Å². The Kier molecular flexibility index (Phi) is 11.7. The van der Waals surface area contributed by atoms with Crippen LogP contribution in [0.5, 0.6) is 23.0 Å². The quantitative estimate of drug-likeness (QED) is 0.0491. The molecule has 0 atom stereocenters. The van der Waals surface area contributed by atoms with Gasteiger partial charge < -0.3 is 20.1 Å². The number of benzene rings is 7. The Morgan fingerprint density at radius 3 is 1.79 bits per heavy atom. The predicted molar refractivity (Wildman–Crippen MR) is 226 cm³/mol. The van der Waals surface area contributed by atoms with E-state index in [2.05, 4.69) is 30.7 Å². The van der Waals surface area contributed by atoms with Gasteiger partial charge in [0.1, 0.15) is 44.2 Å². The van der Waals surface area contributed by atoms with Gasteiger partial charge in [-0.1, -0.05) is 48.9 Å². The number of hydrogen-bond acceptors (Lipinski definition) is 16. The third-order valence-electron chi connectivity index (χ3n) is 9.10. The minimum absolute atomic E-state index is 0.0149. The molecule has 23 heteroatoms. The second kappa shape index (κ2) is 16.7. The van der Waals surface area contributed by atoms with E-state index in [9.17, 15) is 54.2 Å². The van der Waals surface area contributed by atoms with Crippen molar-refractivity contribution in [3.63, 3.8) is 0 Å². The Labute approximate surface area is 356 Å². The molecule has 0 radical (unpaired) electrons. The molecule has 0 aliphatic rings. The molecule has 318 valence electrons. The molecule has 0 saturated heterocycles. The van der Waals surface area contributed by atoms with Crippen molar-refractivity contribution in [3.05, 3.63) is 102 Å². The fourth-order valence-electron chi connectivity index (χ4n) is 6.26. The van der Waals surface area contributed by atoms with Crippen LogP contribution in [0, 0.1) is 0 Å². The fraction of sp³-hybridized carbons (Fsp3) is 0.0769. The Hall–Kier alpha value is -6.66. The standard InChI is InChI=1S/C39H29ClN6O13S3/c1-2-15-59-33-18-29(44-43-28-7-3-5-20-6-4-8-32(47)36(20)28)25(40)17-30(33)45-41-26-12-13-27(24-16-21(60(50,51)52)9-10-22(24)26)42-46-31-19-35(62(56,57)58)38(48)23-11-14-34(61(53,54)55)39(49)37(23)31/h3-14,16-19,47-49H,2,15H2,1H3,(H,50,51,52)(H,53,54,55)(H,56,57,58). The molecule has 0 heterocycles. The summed E-state index contributed by atoms with van der Waals surface area (Å²) in [6.07, 6.45) is 0.612. The predicted octanol–water partition coefficient (Wildman–Crippen LogP) is 10.7. The first-order chi connectivity index (χ1) is 29.3. The number of rotatable bonds is 12. The number of fused-ring (bicyclic) bond motifs is 3. The number of hydrogen-bond donors (Lipinski definition) is 6. The van der Waals surface area contributed by atoms with Crippen molar-refractivity contribution in [2.75, 3.05) is 6.61 Å². The lowest BCUT2D eigenvalue weighted by atomic mass is 10.1. The first-order valence-corrected chi connectivity index (χ1v) is 22.4. The van der Waals surface area contributed by atoms with Crippen molar-refractivity contribution in [1.82, 2.24) is 0 Å². The van der Waals surface area contributed by atoms with Crippen LogP contribution < -0.4 is 4.74 Å². The van der Waals surface area contributed by atoms with E-state index in [-0.39, 0.29) is 56.7 Å². The minimum atomic E-state index is -5.16. The van der Waals surface area contributed by atoms with Crippen LogP contribution in [0.1, 0.15) is 13.3 Å². The zero-order chi connectivity index (χ0) is 44.7. The minimum Gasteiger partial charge on any atom is -0.507 e. The van der Waals surface area contributed by atoms with Gasteiger partial charge in [0.05, 0.1) is 50.0 Å². The van der Waals surface area contributed by atoms with Crippen LogP contribution in [0.25, 0.3) is 32.3 Å². The van der Waals surface area contributed by atoms with Crippen LogP contribution in [0.2, 0.25) is 5.02 Å². The maximum Gasteiger partial charge on any atom is 0.298 e. The van der Waals surface area contributed by atoms with E-state index in [0.29, 0.717) is 29.6 Å². The summed E-state index contributed by atoms with van der Waals surface area (Å²) >= 11 is 6.63. The maximum atomic E-state index is 12.2. The number of phenols is 3. The highest BCUT2D eigenvalue weighted by molar-refractivity contribution is 7.86. The second-order valence-corrected chi connectivity index (χ2v) is 17.8.